The zero-order chi connectivity index (χ0) is 27.8. The lowest BCUT2D eigenvalue weighted by molar-refractivity contribution is -0.148. The van der Waals surface area contributed by atoms with E-state index < -0.39 is 23.8 Å². The van der Waals surface area contributed by atoms with E-state index in [2.05, 4.69) is 10.3 Å². The quantitative estimate of drug-likeness (QED) is 0.409. The number of hydrogen-bond acceptors (Lipinski definition) is 7. The van der Waals surface area contributed by atoms with Crippen molar-refractivity contribution in [2.75, 3.05) is 40.0 Å². The van der Waals surface area contributed by atoms with Gasteiger partial charge in [0.25, 0.3) is 5.91 Å². The molecule has 39 heavy (non-hydrogen) atoms. The summed E-state index contributed by atoms with van der Waals surface area (Å²) in [5.41, 5.74) is 0.439. The summed E-state index contributed by atoms with van der Waals surface area (Å²) < 4.78 is 56.2. The minimum atomic E-state index is -4.50. The molecule has 3 aromatic rings. The van der Waals surface area contributed by atoms with Crippen LogP contribution in [0.1, 0.15) is 21.5 Å². The molecule has 8 nitrogen and oxygen atoms in total. The van der Waals surface area contributed by atoms with Crippen LogP contribution in [0, 0.1) is 0 Å². The van der Waals surface area contributed by atoms with Crippen molar-refractivity contribution in [1.29, 1.82) is 0 Å². The summed E-state index contributed by atoms with van der Waals surface area (Å²) in [5.74, 6) is -0.311. The molecule has 206 valence electrons. The van der Waals surface area contributed by atoms with Gasteiger partial charge in [-0.3, -0.25) is 19.5 Å². The van der Waals surface area contributed by atoms with E-state index in [1.54, 1.807) is 36.4 Å². The molecule has 11 heteroatoms. The molecule has 1 aliphatic heterocycles. The number of methoxy groups -OCH3 is 1. The van der Waals surface area contributed by atoms with E-state index in [1.807, 2.05) is 4.90 Å². The fourth-order valence-electron chi connectivity index (χ4n) is 4.21. The SMILES string of the molecule is COC(=O)C(CNC(=O)c1ccc(OCc2ccnc(-c3ccccc3C(F)(F)F)c2)cc1)N1CCOCC1. The number of esters is 1. The van der Waals surface area contributed by atoms with Crippen LogP contribution in [-0.4, -0.2) is 67.8 Å². The van der Waals surface area contributed by atoms with Crippen molar-refractivity contribution in [2.24, 2.45) is 0 Å². The Kier molecular flexibility index (Phi) is 9.15. The third kappa shape index (κ3) is 7.33. The number of benzene rings is 2. The van der Waals surface area contributed by atoms with Crippen molar-refractivity contribution in [1.82, 2.24) is 15.2 Å². The van der Waals surface area contributed by atoms with Crippen LogP contribution in [-0.2, 0) is 27.1 Å². The Balaban J connectivity index is 1.35. The van der Waals surface area contributed by atoms with E-state index >= 15 is 0 Å². The number of carbonyl (C=O) groups is 2. The number of nitrogens with zero attached hydrogens (tertiary/aromatic N) is 2. The Morgan fingerprint density at radius 2 is 1.79 bits per heavy atom. The van der Waals surface area contributed by atoms with Gasteiger partial charge in [0.15, 0.2) is 0 Å². The molecule has 2 aromatic carbocycles. The van der Waals surface area contributed by atoms with Crippen LogP contribution in [0.3, 0.4) is 0 Å². The molecule has 1 fully saturated rings. The molecule has 1 unspecified atom stereocenters. The number of alkyl halides is 3. The number of ether oxygens (including phenoxy) is 3. The summed E-state index contributed by atoms with van der Waals surface area (Å²) in [5, 5.41) is 2.78. The smallest absolute Gasteiger partial charge is 0.417 e. The minimum Gasteiger partial charge on any atom is -0.489 e. The number of aromatic nitrogens is 1. The summed E-state index contributed by atoms with van der Waals surface area (Å²) in [4.78, 5) is 30.9. The minimum absolute atomic E-state index is 0.00901. The van der Waals surface area contributed by atoms with Gasteiger partial charge in [0.2, 0.25) is 0 Å². The second-order valence-electron chi connectivity index (χ2n) is 8.80. The molecular formula is C28H28F3N3O5. The van der Waals surface area contributed by atoms with E-state index in [0.717, 1.165) is 6.07 Å². The Hall–Kier alpha value is -3.96. The zero-order valence-corrected chi connectivity index (χ0v) is 21.2. The highest BCUT2D eigenvalue weighted by Crippen LogP contribution is 2.36. The fraction of sp³-hybridized carbons (Fsp3) is 0.321. The summed E-state index contributed by atoms with van der Waals surface area (Å²) in [6.45, 7) is 2.32. The monoisotopic (exact) mass is 543 g/mol. The summed E-state index contributed by atoms with van der Waals surface area (Å²) >= 11 is 0. The average Bonchev–Trinajstić information content (AvgIpc) is 2.96. The summed E-state index contributed by atoms with van der Waals surface area (Å²) in [7, 11) is 1.31. The molecule has 0 radical (unpaired) electrons. The second-order valence-corrected chi connectivity index (χ2v) is 8.80. The maximum absolute atomic E-state index is 13.4. The lowest BCUT2D eigenvalue weighted by atomic mass is 10.0. The van der Waals surface area contributed by atoms with Gasteiger partial charge in [-0.1, -0.05) is 18.2 Å². The lowest BCUT2D eigenvalue weighted by Crippen LogP contribution is -2.52. The topological polar surface area (TPSA) is 90.0 Å². The highest BCUT2D eigenvalue weighted by Gasteiger charge is 2.33. The molecular weight excluding hydrogens is 515 g/mol. The third-order valence-corrected chi connectivity index (χ3v) is 6.27. The van der Waals surface area contributed by atoms with Crippen molar-refractivity contribution >= 4 is 11.9 Å². The van der Waals surface area contributed by atoms with Gasteiger partial charge in [0.05, 0.1) is 31.6 Å². The number of halogens is 3. The highest BCUT2D eigenvalue weighted by atomic mass is 19.4. The number of rotatable bonds is 9. The molecule has 1 atom stereocenters. The van der Waals surface area contributed by atoms with Gasteiger partial charge in [-0.15, -0.1) is 0 Å². The van der Waals surface area contributed by atoms with E-state index in [4.69, 9.17) is 14.2 Å². The lowest BCUT2D eigenvalue weighted by Gasteiger charge is -2.32. The van der Waals surface area contributed by atoms with Gasteiger partial charge in [-0.25, -0.2) is 0 Å². The Bertz CT molecular complexity index is 1280. The molecule has 2 heterocycles. The van der Waals surface area contributed by atoms with E-state index in [0.29, 0.717) is 43.2 Å². The third-order valence-electron chi connectivity index (χ3n) is 6.27. The zero-order valence-electron chi connectivity index (χ0n) is 21.2. The first-order valence-electron chi connectivity index (χ1n) is 12.3. The summed E-state index contributed by atoms with van der Waals surface area (Å²) in [6.07, 6.45) is -3.06. The molecule has 1 N–H and O–H groups in total. The molecule has 4 rings (SSSR count). The van der Waals surface area contributed by atoms with Crippen molar-refractivity contribution in [3.05, 3.63) is 83.6 Å². The van der Waals surface area contributed by atoms with Crippen molar-refractivity contribution in [3.63, 3.8) is 0 Å². The molecule has 0 spiro atoms. The maximum atomic E-state index is 13.4. The molecule has 0 saturated carbocycles. The van der Waals surface area contributed by atoms with Crippen molar-refractivity contribution < 1.29 is 37.0 Å². The number of carbonyl (C=O) groups excluding carboxylic acids is 2. The molecule has 1 aromatic heterocycles. The second kappa shape index (κ2) is 12.7. The van der Waals surface area contributed by atoms with Crippen LogP contribution in [0.5, 0.6) is 5.75 Å². The van der Waals surface area contributed by atoms with Gasteiger partial charge < -0.3 is 19.5 Å². The average molecular weight is 544 g/mol. The predicted octanol–water partition coefficient (Wildman–Crippen LogP) is 3.95. The molecule has 1 aliphatic rings. The number of nitrogens with one attached hydrogen (secondary N) is 1. The van der Waals surface area contributed by atoms with Gasteiger partial charge in [0, 0.05) is 37.0 Å². The number of morpholine rings is 1. The van der Waals surface area contributed by atoms with Gasteiger partial charge in [0.1, 0.15) is 18.4 Å². The van der Waals surface area contributed by atoms with E-state index in [1.165, 1.54) is 31.5 Å². The number of hydrogen-bond donors (Lipinski definition) is 1. The normalized spacial score (nSPS) is 14.9. The molecule has 1 saturated heterocycles. The Morgan fingerprint density at radius 1 is 1.08 bits per heavy atom. The highest BCUT2D eigenvalue weighted by molar-refractivity contribution is 5.94. The number of amides is 1. The number of pyridine rings is 1. The van der Waals surface area contributed by atoms with E-state index in [9.17, 15) is 22.8 Å². The van der Waals surface area contributed by atoms with E-state index in [-0.39, 0.29) is 30.3 Å². The maximum Gasteiger partial charge on any atom is 0.417 e. The molecule has 0 aliphatic carbocycles. The van der Waals surface area contributed by atoms with Crippen molar-refractivity contribution in [3.8, 4) is 17.0 Å². The predicted molar refractivity (Wildman–Crippen MR) is 136 cm³/mol. The largest absolute Gasteiger partial charge is 0.489 e. The first-order valence-corrected chi connectivity index (χ1v) is 12.3. The molecule has 1 amide bonds. The van der Waals surface area contributed by atoms with Crippen LogP contribution >= 0.6 is 0 Å². The van der Waals surface area contributed by atoms with Crippen LogP contribution in [0.25, 0.3) is 11.3 Å². The van der Waals surface area contributed by atoms with Crippen LogP contribution in [0.2, 0.25) is 0 Å². The van der Waals surface area contributed by atoms with Crippen LogP contribution in [0.4, 0.5) is 13.2 Å². The van der Waals surface area contributed by atoms with Gasteiger partial charge in [-0.2, -0.15) is 13.2 Å². The van der Waals surface area contributed by atoms with Crippen LogP contribution < -0.4 is 10.1 Å². The fourth-order valence-corrected chi connectivity index (χ4v) is 4.21. The summed E-state index contributed by atoms with van der Waals surface area (Å²) in [6, 6.07) is 14.3. The van der Waals surface area contributed by atoms with Crippen LogP contribution in [0.15, 0.2) is 66.9 Å². The molecule has 0 bridgehead atoms. The Morgan fingerprint density at radius 3 is 2.49 bits per heavy atom. The Labute approximate surface area is 223 Å². The van der Waals surface area contributed by atoms with Gasteiger partial charge >= 0.3 is 12.1 Å². The first kappa shape index (κ1) is 28.1. The van der Waals surface area contributed by atoms with Gasteiger partial charge in [-0.05, 0) is 48.0 Å². The standard InChI is InChI=1S/C28H28F3N3O5/c1-37-27(36)25(34-12-14-38-15-13-34)17-33-26(35)20-6-8-21(9-7-20)39-18-19-10-11-32-24(16-19)22-4-2-3-5-23(22)28(29,30)31/h2-11,16,25H,12-15,17-18H2,1H3,(H,33,35). The van der Waals surface area contributed by atoms with Crippen molar-refractivity contribution in [2.45, 2.75) is 18.8 Å². The first-order chi connectivity index (χ1) is 18.8.